The number of thioether (sulfide) groups is 1. The van der Waals surface area contributed by atoms with Crippen LogP contribution in [0.5, 0.6) is 0 Å². The van der Waals surface area contributed by atoms with Gasteiger partial charge in [-0.15, -0.1) is 0 Å². The molecule has 6 nitrogen and oxygen atoms in total. The summed E-state index contributed by atoms with van der Waals surface area (Å²) in [6.07, 6.45) is 1.31. The Kier molecular flexibility index (Phi) is 6.70. The number of amides is 2. The summed E-state index contributed by atoms with van der Waals surface area (Å²) in [5, 5.41) is 3.40. The largest absolute Gasteiger partial charge is 0.325 e. The molecule has 0 aliphatic carbocycles. The number of para-hydroxylation sites is 1. The van der Waals surface area contributed by atoms with Crippen LogP contribution < -0.4 is 5.32 Å². The van der Waals surface area contributed by atoms with E-state index in [0.717, 1.165) is 28.1 Å². The zero-order valence-electron chi connectivity index (χ0n) is 19.8. The molecule has 0 fully saturated rings. The van der Waals surface area contributed by atoms with E-state index in [1.54, 1.807) is 0 Å². The molecule has 2 aliphatic rings. The lowest BCUT2D eigenvalue weighted by Gasteiger charge is -2.33. The van der Waals surface area contributed by atoms with Crippen molar-refractivity contribution < 1.29 is 9.59 Å². The van der Waals surface area contributed by atoms with Crippen molar-refractivity contribution in [2.45, 2.75) is 58.8 Å². The summed E-state index contributed by atoms with van der Waals surface area (Å²) in [4.78, 5) is 37.3. The Morgan fingerprint density at radius 2 is 1.91 bits per heavy atom. The number of amidine groups is 2. The van der Waals surface area contributed by atoms with Crippen LogP contribution in [0.15, 0.2) is 52.4 Å². The molecule has 2 heterocycles. The molecule has 0 saturated heterocycles. The van der Waals surface area contributed by atoms with Crippen molar-refractivity contribution in [1.82, 2.24) is 4.90 Å². The smallest absolute Gasteiger partial charge is 0.270 e. The summed E-state index contributed by atoms with van der Waals surface area (Å²) in [5.74, 6) is 0.758. The molecule has 1 N–H and O–H groups in total. The van der Waals surface area contributed by atoms with E-state index >= 15 is 0 Å². The van der Waals surface area contributed by atoms with Gasteiger partial charge in [-0.05, 0) is 61.9 Å². The second-order valence-electron chi connectivity index (χ2n) is 9.02. The maximum absolute atomic E-state index is 13.2. The minimum Gasteiger partial charge on any atom is -0.325 e. The van der Waals surface area contributed by atoms with Crippen molar-refractivity contribution in [3.63, 3.8) is 0 Å². The van der Waals surface area contributed by atoms with E-state index in [-0.39, 0.29) is 23.1 Å². The molecular weight excluding hydrogens is 432 g/mol. The first-order valence-electron chi connectivity index (χ1n) is 11.4. The molecule has 2 aliphatic heterocycles. The monoisotopic (exact) mass is 462 g/mol. The molecule has 0 spiro atoms. The van der Waals surface area contributed by atoms with Gasteiger partial charge >= 0.3 is 0 Å². The minimum absolute atomic E-state index is 0.0674. The number of rotatable bonds is 6. The summed E-state index contributed by atoms with van der Waals surface area (Å²) in [6.45, 7) is 10.2. The summed E-state index contributed by atoms with van der Waals surface area (Å²) < 4.78 is 0. The third-order valence-corrected chi connectivity index (χ3v) is 7.20. The van der Waals surface area contributed by atoms with Crippen LogP contribution in [0.3, 0.4) is 0 Å². The molecule has 0 saturated carbocycles. The first kappa shape index (κ1) is 23.2. The highest BCUT2D eigenvalue weighted by molar-refractivity contribution is 8.15. The highest BCUT2D eigenvalue weighted by atomic mass is 32.2. The Morgan fingerprint density at radius 3 is 2.64 bits per heavy atom. The van der Waals surface area contributed by atoms with Crippen LogP contribution >= 0.6 is 11.8 Å². The zero-order valence-corrected chi connectivity index (χ0v) is 20.6. The van der Waals surface area contributed by atoms with Gasteiger partial charge in [-0.1, -0.05) is 56.8 Å². The van der Waals surface area contributed by atoms with Crippen molar-refractivity contribution in [2.24, 2.45) is 15.9 Å². The third kappa shape index (κ3) is 4.74. The Bertz CT molecular complexity index is 1150. The SMILES string of the molecule is CCC(SC1=Nc2ccccc2C2=NC(=O)C(CC(C)C)N12)C(=O)Nc1cc(C)ccc1C. The summed E-state index contributed by atoms with van der Waals surface area (Å²) in [5.41, 5.74) is 4.57. The van der Waals surface area contributed by atoms with E-state index in [9.17, 15) is 9.59 Å². The van der Waals surface area contributed by atoms with E-state index in [1.165, 1.54) is 11.8 Å². The third-order valence-electron chi connectivity index (χ3n) is 5.86. The summed E-state index contributed by atoms with van der Waals surface area (Å²) in [6, 6.07) is 13.4. The first-order chi connectivity index (χ1) is 15.8. The maximum Gasteiger partial charge on any atom is 0.270 e. The molecule has 0 radical (unpaired) electrons. The Labute approximate surface area is 199 Å². The lowest BCUT2D eigenvalue weighted by atomic mass is 10.0. The highest BCUT2D eigenvalue weighted by Crippen LogP contribution is 2.37. The quantitative estimate of drug-likeness (QED) is 0.619. The van der Waals surface area contributed by atoms with Gasteiger partial charge in [0.25, 0.3) is 5.91 Å². The Balaban J connectivity index is 1.65. The molecule has 2 aromatic carbocycles. The molecule has 2 aromatic rings. The maximum atomic E-state index is 13.2. The first-order valence-corrected chi connectivity index (χ1v) is 12.3. The molecule has 0 bridgehead atoms. The average Bonchev–Trinajstić information content (AvgIpc) is 3.10. The zero-order chi connectivity index (χ0) is 23.7. The lowest BCUT2D eigenvalue weighted by molar-refractivity contribution is -0.120. The van der Waals surface area contributed by atoms with Crippen molar-refractivity contribution in [1.29, 1.82) is 0 Å². The molecule has 2 unspecified atom stereocenters. The van der Waals surface area contributed by atoms with Crippen molar-refractivity contribution in [3.8, 4) is 0 Å². The van der Waals surface area contributed by atoms with Crippen LogP contribution in [0, 0.1) is 19.8 Å². The van der Waals surface area contributed by atoms with Crippen LogP contribution in [-0.2, 0) is 9.59 Å². The van der Waals surface area contributed by atoms with Gasteiger partial charge in [-0.2, -0.15) is 4.99 Å². The van der Waals surface area contributed by atoms with Gasteiger partial charge in [0.2, 0.25) is 5.91 Å². The number of aryl methyl sites for hydroxylation is 2. The number of fused-ring (bicyclic) bond motifs is 3. The van der Waals surface area contributed by atoms with Crippen molar-refractivity contribution in [3.05, 3.63) is 59.2 Å². The molecular formula is C26H30N4O2S. The molecule has 2 atom stereocenters. The van der Waals surface area contributed by atoms with Crippen LogP contribution in [0.1, 0.15) is 50.3 Å². The number of nitrogens with zero attached hydrogens (tertiary/aromatic N) is 3. The number of anilines is 1. The van der Waals surface area contributed by atoms with Gasteiger partial charge in [-0.3, -0.25) is 14.5 Å². The van der Waals surface area contributed by atoms with Gasteiger partial charge in [0.15, 0.2) is 5.17 Å². The molecule has 7 heteroatoms. The average molecular weight is 463 g/mol. The topological polar surface area (TPSA) is 74.1 Å². The number of benzene rings is 2. The number of carbonyl (C=O) groups excluding carboxylic acids is 2. The van der Waals surface area contributed by atoms with Crippen molar-refractivity contribution >= 4 is 46.0 Å². The molecule has 2 amide bonds. The molecule has 172 valence electrons. The van der Waals surface area contributed by atoms with Crippen LogP contribution in [0.25, 0.3) is 0 Å². The standard InChI is InChI=1S/C26H30N4O2S/c1-6-22(25(32)27-20-14-16(4)11-12-17(20)5)33-26-28-19-10-8-7-9-18(19)23-29-24(31)21(30(23)26)13-15(2)3/h7-12,14-15,21-22H,6,13H2,1-5H3,(H,27,32). The normalized spacial score (nSPS) is 17.9. The number of hydrogen-bond donors (Lipinski definition) is 1. The molecule has 0 aromatic heterocycles. The van der Waals surface area contributed by atoms with Crippen molar-refractivity contribution in [2.75, 3.05) is 5.32 Å². The fourth-order valence-electron chi connectivity index (χ4n) is 4.09. The van der Waals surface area contributed by atoms with E-state index in [2.05, 4.69) is 24.2 Å². The predicted octanol–water partition coefficient (Wildman–Crippen LogP) is 5.46. The van der Waals surface area contributed by atoms with E-state index in [1.807, 2.05) is 68.1 Å². The van der Waals surface area contributed by atoms with E-state index in [0.29, 0.717) is 29.8 Å². The van der Waals surface area contributed by atoms with Gasteiger partial charge < -0.3 is 5.32 Å². The predicted molar refractivity (Wildman–Crippen MR) is 136 cm³/mol. The van der Waals surface area contributed by atoms with Gasteiger partial charge in [0.1, 0.15) is 11.9 Å². The van der Waals surface area contributed by atoms with Gasteiger partial charge in [0, 0.05) is 11.3 Å². The van der Waals surface area contributed by atoms with Crippen LogP contribution in [0.4, 0.5) is 11.4 Å². The summed E-state index contributed by atoms with van der Waals surface area (Å²) >= 11 is 1.41. The fourth-order valence-corrected chi connectivity index (χ4v) is 5.16. The number of carbonyl (C=O) groups is 2. The second-order valence-corrected chi connectivity index (χ2v) is 10.2. The summed E-state index contributed by atoms with van der Waals surface area (Å²) in [7, 11) is 0. The highest BCUT2D eigenvalue weighted by Gasteiger charge is 2.42. The van der Waals surface area contributed by atoms with E-state index in [4.69, 9.17) is 4.99 Å². The lowest BCUT2D eigenvalue weighted by Crippen LogP contribution is -2.45. The Morgan fingerprint density at radius 1 is 1.15 bits per heavy atom. The number of hydrogen-bond acceptors (Lipinski definition) is 5. The second kappa shape index (κ2) is 9.51. The molecule has 4 rings (SSSR count). The van der Waals surface area contributed by atoms with Crippen LogP contribution in [0.2, 0.25) is 0 Å². The van der Waals surface area contributed by atoms with Gasteiger partial charge in [0.05, 0.1) is 10.9 Å². The van der Waals surface area contributed by atoms with E-state index < -0.39 is 0 Å². The fraction of sp³-hybridized carbons (Fsp3) is 0.385. The van der Waals surface area contributed by atoms with Crippen LogP contribution in [-0.4, -0.2) is 39.0 Å². The Hall–Kier alpha value is -2.93. The minimum atomic E-state index is -0.390. The number of nitrogens with one attached hydrogen (secondary N) is 1. The van der Waals surface area contributed by atoms with Gasteiger partial charge in [-0.25, -0.2) is 4.99 Å². The molecule has 33 heavy (non-hydrogen) atoms. The number of aliphatic imine (C=N–C) groups is 2.